The van der Waals surface area contributed by atoms with Crippen molar-refractivity contribution in [2.45, 2.75) is 52.0 Å². The number of hydrogen-bond donors (Lipinski definition) is 2. The van der Waals surface area contributed by atoms with Crippen LogP contribution in [0.15, 0.2) is 42.5 Å². The first kappa shape index (κ1) is 25.0. The molecular weight excluding hydrogens is 503 g/mol. The molecule has 4 aliphatic rings. The van der Waals surface area contributed by atoms with Gasteiger partial charge in [0, 0.05) is 40.3 Å². The molecule has 0 radical (unpaired) electrons. The SMILES string of the molecule is Cc1cc(Cl)ccc1-n1nc(C(=O)NCCNC2C3CC4CC(C3)CC2C4)c(C)c1-c1ccc(Cl)cc1. The Morgan fingerprint density at radius 3 is 2.22 bits per heavy atom. The first-order chi connectivity index (χ1) is 17.9. The molecule has 1 heterocycles. The topological polar surface area (TPSA) is 59.0 Å². The minimum Gasteiger partial charge on any atom is -0.349 e. The lowest BCUT2D eigenvalue weighted by molar-refractivity contribution is -0.0133. The monoisotopic (exact) mass is 536 g/mol. The van der Waals surface area contributed by atoms with Crippen molar-refractivity contribution in [2.24, 2.45) is 23.7 Å². The molecule has 4 saturated carbocycles. The summed E-state index contributed by atoms with van der Waals surface area (Å²) in [5, 5.41) is 13.1. The highest BCUT2D eigenvalue weighted by Gasteiger charge is 2.47. The third-order valence-corrected chi connectivity index (χ3v) is 9.35. The number of hydrogen-bond acceptors (Lipinski definition) is 3. The molecule has 7 rings (SSSR count). The number of aromatic nitrogens is 2. The number of aryl methyl sites for hydroxylation is 1. The number of carbonyl (C=O) groups is 1. The maximum Gasteiger partial charge on any atom is 0.272 e. The predicted octanol–water partition coefficient (Wildman–Crippen LogP) is 6.61. The second-order valence-corrected chi connectivity index (χ2v) is 12.2. The van der Waals surface area contributed by atoms with Gasteiger partial charge >= 0.3 is 0 Å². The molecule has 7 heteroatoms. The lowest BCUT2D eigenvalue weighted by Gasteiger charge is -2.54. The van der Waals surface area contributed by atoms with Gasteiger partial charge in [-0.05, 0) is 106 Å². The fraction of sp³-hybridized carbons (Fsp3) is 0.467. The molecule has 3 aromatic rings. The number of benzene rings is 2. The van der Waals surface area contributed by atoms with E-state index in [-0.39, 0.29) is 5.91 Å². The molecule has 0 aliphatic heterocycles. The van der Waals surface area contributed by atoms with E-state index in [1.54, 1.807) is 0 Å². The lowest BCUT2D eigenvalue weighted by atomic mass is 9.54. The first-order valence-electron chi connectivity index (χ1n) is 13.5. The molecule has 37 heavy (non-hydrogen) atoms. The summed E-state index contributed by atoms with van der Waals surface area (Å²) < 4.78 is 1.85. The van der Waals surface area contributed by atoms with Crippen LogP contribution in [0.5, 0.6) is 0 Å². The summed E-state index contributed by atoms with van der Waals surface area (Å²) in [5.74, 6) is 3.45. The van der Waals surface area contributed by atoms with E-state index in [0.717, 1.165) is 58.3 Å². The molecular formula is C30H34Cl2N4O. The molecule has 4 bridgehead atoms. The van der Waals surface area contributed by atoms with Gasteiger partial charge in [0.05, 0.1) is 11.4 Å². The summed E-state index contributed by atoms with van der Waals surface area (Å²) in [5.41, 5.74) is 4.97. The van der Waals surface area contributed by atoms with Gasteiger partial charge in [-0.15, -0.1) is 0 Å². The van der Waals surface area contributed by atoms with Crippen molar-refractivity contribution in [2.75, 3.05) is 13.1 Å². The van der Waals surface area contributed by atoms with Crippen molar-refractivity contribution in [3.8, 4) is 16.9 Å². The quantitative estimate of drug-likeness (QED) is 0.334. The number of rotatable bonds is 7. The second kappa shape index (κ2) is 10.1. The van der Waals surface area contributed by atoms with E-state index in [1.807, 2.05) is 61.0 Å². The number of carbonyl (C=O) groups excluding carboxylic acids is 1. The highest BCUT2D eigenvalue weighted by molar-refractivity contribution is 6.31. The van der Waals surface area contributed by atoms with Gasteiger partial charge in [-0.1, -0.05) is 35.3 Å². The Bertz CT molecular complexity index is 1290. The van der Waals surface area contributed by atoms with Gasteiger partial charge < -0.3 is 10.6 Å². The minimum absolute atomic E-state index is 0.148. The van der Waals surface area contributed by atoms with Gasteiger partial charge in [0.2, 0.25) is 0 Å². The molecule has 0 spiro atoms. The van der Waals surface area contributed by atoms with E-state index in [1.165, 1.54) is 32.1 Å². The Hall–Kier alpha value is -2.34. The van der Waals surface area contributed by atoms with Crippen molar-refractivity contribution >= 4 is 29.1 Å². The van der Waals surface area contributed by atoms with E-state index in [0.29, 0.717) is 28.3 Å². The van der Waals surface area contributed by atoms with Crippen molar-refractivity contribution in [1.82, 2.24) is 20.4 Å². The summed E-state index contributed by atoms with van der Waals surface area (Å²) in [6.07, 6.45) is 7.04. The zero-order valence-corrected chi connectivity index (χ0v) is 22.9. The fourth-order valence-corrected chi connectivity index (χ4v) is 7.80. The van der Waals surface area contributed by atoms with Crippen LogP contribution in [0.4, 0.5) is 0 Å². The molecule has 4 fully saturated rings. The molecule has 1 aromatic heterocycles. The van der Waals surface area contributed by atoms with E-state index in [4.69, 9.17) is 28.3 Å². The normalized spacial score (nSPS) is 26.0. The van der Waals surface area contributed by atoms with Crippen molar-refractivity contribution in [1.29, 1.82) is 0 Å². The van der Waals surface area contributed by atoms with E-state index < -0.39 is 0 Å². The van der Waals surface area contributed by atoms with Gasteiger partial charge in [-0.25, -0.2) is 4.68 Å². The molecule has 1 amide bonds. The minimum atomic E-state index is -0.148. The Balaban J connectivity index is 1.19. The molecule has 0 atom stereocenters. The maximum absolute atomic E-state index is 13.3. The van der Waals surface area contributed by atoms with E-state index in [2.05, 4.69) is 10.6 Å². The van der Waals surface area contributed by atoms with Crippen LogP contribution in [-0.2, 0) is 0 Å². The Morgan fingerprint density at radius 2 is 1.57 bits per heavy atom. The average Bonchev–Trinajstić information content (AvgIpc) is 3.20. The van der Waals surface area contributed by atoms with E-state index in [9.17, 15) is 4.79 Å². The number of nitrogens with one attached hydrogen (secondary N) is 2. The Labute approximate surface area is 228 Å². The van der Waals surface area contributed by atoms with E-state index >= 15 is 0 Å². The average molecular weight is 538 g/mol. The molecule has 2 N–H and O–H groups in total. The van der Waals surface area contributed by atoms with Crippen LogP contribution in [0.1, 0.15) is 53.7 Å². The highest BCUT2D eigenvalue weighted by Crippen LogP contribution is 2.53. The predicted molar refractivity (Wildman–Crippen MR) is 150 cm³/mol. The van der Waals surface area contributed by atoms with Crippen molar-refractivity contribution in [3.63, 3.8) is 0 Å². The third kappa shape index (κ3) is 4.82. The van der Waals surface area contributed by atoms with Crippen molar-refractivity contribution < 1.29 is 4.79 Å². The van der Waals surface area contributed by atoms with Crippen LogP contribution in [0.3, 0.4) is 0 Å². The van der Waals surface area contributed by atoms with Gasteiger partial charge in [0.1, 0.15) is 0 Å². The Kier molecular flexibility index (Phi) is 6.81. The zero-order chi connectivity index (χ0) is 25.7. The number of amides is 1. The summed E-state index contributed by atoms with van der Waals surface area (Å²) in [6.45, 7) is 5.34. The number of halogens is 2. The standard InChI is InChI=1S/C30H34Cl2N4O/c1-17-11-25(32)7-8-26(17)36-29(21-3-5-24(31)6-4-21)18(2)27(35-36)30(37)34-10-9-33-28-22-13-19-12-20(15-22)16-23(28)14-19/h3-8,11,19-20,22-23,28,33H,9-10,12-16H2,1-2H3,(H,34,37). The largest absolute Gasteiger partial charge is 0.349 e. The zero-order valence-electron chi connectivity index (χ0n) is 21.4. The summed E-state index contributed by atoms with van der Waals surface area (Å²) in [4.78, 5) is 13.3. The summed E-state index contributed by atoms with van der Waals surface area (Å²) in [6, 6.07) is 14.0. The molecule has 4 aliphatic carbocycles. The maximum atomic E-state index is 13.3. The first-order valence-corrected chi connectivity index (χ1v) is 14.3. The van der Waals surface area contributed by atoms with Gasteiger partial charge in [0.25, 0.3) is 5.91 Å². The van der Waals surface area contributed by atoms with Crippen LogP contribution < -0.4 is 10.6 Å². The van der Waals surface area contributed by atoms with Crippen molar-refractivity contribution in [3.05, 3.63) is 69.3 Å². The Morgan fingerprint density at radius 1 is 0.919 bits per heavy atom. The van der Waals surface area contributed by atoms with Crippen LogP contribution in [-0.4, -0.2) is 34.8 Å². The molecule has 0 unspecified atom stereocenters. The molecule has 2 aromatic carbocycles. The van der Waals surface area contributed by atoms with Crippen LogP contribution in [0.25, 0.3) is 16.9 Å². The highest BCUT2D eigenvalue weighted by atomic mass is 35.5. The molecule has 0 saturated heterocycles. The summed E-state index contributed by atoms with van der Waals surface area (Å²) >= 11 is 12.4. The lowest BCUT2D eigenvalue weighted by Crippen LogP contribution is -2.55. The molecule has 194 valence electrons. The molecule has 5 nitrogen and oxygen atoms in total. The van der Waals surface area contributed by atoms with Crippen LogP contribution >= 0.6 is 23.2 Å². The van der Waals surface area contributed by atoms with Gasteiger partial charge in [-0.2, -0.15) is 5.10 Å². The van der Waals surface area contributed by atoms with Crippen LogP contribution in [0, 0.1) is 37.5 Å². The van der Waals surface area contributed by atoms with Crippen LogP contribution in [0.2, 0.25) is 10.0 Å². The second-order valence-electron chi connectivity index (χ2n) is 11.3. The summed E-state index contributed by atoms with van der Waals surface area (Å²) in [7, 11) is 0. The fourth-order valence-electron chi connectivity index (χ4n) is 7.45. The third-order valence-electron chi connectivity index (χ3n) is 8.86. The number of nitrogens with zero attached hydrogens (tertiary/aromatic N) is 2. The van der Waals surface area contributed by atoms with Gasteiger partial charge in [0.15, 0.2) is 5.69 Å². The smallest absolute Gasteiger partial charge is 0.272 e. The van der Waals surface area contributed by atoms with Gasteiger partial charge in [-0.3, -0.25) is 4.79 Å².